The molecule has 124 valence electrons. The van der Waals surface area contributed by atoms with Crippen LogP contribution in [0.5, 0.6) is 0 Å². The third kappa shape index (κ3) is 3.51. The highest BCUT2D eigenvalue weighted by molar-refractivity contribution is 7.13. The van der Waals surface area contributed by atoms with Gasteiger partial charge in [-0.15, -0.1) is 11.3 Å². The number of hydrogen-bond donors (Lipinski definition) is 1. The van der Waals surface area contributed by atoms with Gasteiger partial charge in [0.05, 0.1) is 11.3 Å². The van der Waals surface area contributed by atoms with Gasteiger partial charge in [0, 0.05) is 18.2 Å². The van der Waals surface area contributed by atoms with Gasteiger partial charge in [0.1, 0.15) is 5.78 Å². The zero-order valence-corrected chi connectivity index (χ0v) is 14.1. The van der Waals surface area contributed by atoms with Gasteiger partial charge in [-0.2, -0.15) is 0 Å². The number of fused-ring (bicyclic) bond motifs is 1. The highest BCUT2D eigenvalue weighted by atomic mass is 32.1. The van der Waals surface area contributed by atoms with E-state index in [-0.39, 0.29) is 12.2 Å². The summed E-state index contributed by atoms with van der Waals surface area (Å²) >= 11 is 1.24. The molecule has 0 bridgehead atoms. The smallest absolute Gasteiger partial charge is 0.339 e. The molecular formula is C17H16N2O4S. The van der Waals surface area contributed by atoms with Gasteiger partial charge in [0.15, 0.2) is 11.2 Å². The number of ether oxygens (including phenoxy) is 1. The molecule has 24 heavy (non-hydrogen) atoms. The summed E-state index contributed by atoms with van der Waals surface area (Å²) in [5, 5.41) is 4.76. The van der Waals surface area contributed by atoms with E-state index in [2.05, 4.69) is 10.3 Å². The molecule has 7 heteroatoms. The molecule has 0 saturated carbocycles. The summed E-state index contributed by atoms with van der Waals surface area (Å²) in [6.45, 7) is 3.38. The molecule has 0 spiro atoms. The van der Waals surface area contributed by atoms with E-state index in [1.807, 2.05) is 19.1 Å². The molecule has 0 aliphatic carbocycles. The largest absolute Gasteiger partial charge is 0.448 e. The van der Waals surface area contributed by atoms with E-state index in [4.69, 9.17) is 4.74 Å². The summed E-state index contributed by atoms with van der Waals surface area (Å²) in [6.07, 6.45) is -0.316. The van der Waals surface area contributed by atoms with Crippen molar-refractivity contribution in [2.24, 2.45) is 0 Å². The molecule has 0 fully saturated rings. The second kappa shape index (κ2) is 6.52. The van der Waals surface area contributed by atoms with Crippen LogP contribution in [-0.4, -0.2) is 28.7 Å². The molecule has 6 nitrogen and oxygen atoms in total. The minimum absolute atomic E-state index is 0.00582. The quantitative estimate of drug-likeness (QED) is 0.860. The molecule has 0 radical (unpaired) electrons. The molecule has 1 aliphatic heterocycles. The highest BCUT2D eigenvalue weighted by Crippen LogP contribution is 2.23. The number of Topliss-reactive ketones (excluding diaryl/α,β-unsaturated/α-hetero) is 1. The van der Waals surface area contributed by atoms with Gasteiger partial charge in [-0.3, -0.25) is 14.9 Å². The predicted octanol–water partition coefficient (Wildman–Crippen LogP) is 2.30. The fraction of sp³-hybridized carbons (Fsp3) is 0.294. The Labute approximate surface area is 142 Å². The molecule has 3 rings (SSSR count). The Morgan fingerprint density at radius 1 is 1.42 bits per heavy atom. The number of amides is 1. The molecule has 1 N–H and O–H groups in total. The van der Waals surface area contributed by atoms with Crippen molar-refractivity contribution in [2.75, 3.05) is 5.32 Å². The number of esters is 1. The molecular weight excluding hydrogens is 328 g/mol. The fourth-order valence-corrected chi connectivity index (χ4v) is 3.24. The van der Waals surface area contributed by atoms with Crippen LogP contribution in [0.3, 0.4) is 0 Å². The zero-order chi connectivity index (χ0) is 17.3. The summed E-state index contributed by atoms with van der Waals surface area (Å²) in [5.41, 5.74) is 2.89. The number of benzene rings is 1. The van der Waals surface area contributed by atoms with E-state index in [0.717, 1.165) is 11.1 Å². The first-order chi connectivity index (χ1) is 11.4. The summed E-state index contributed by atoms with van der Waals surface area (Å²) in [6, 6.07) is 5.52. The van der Waals surface area contributed by atoms with Crippen molar-refractivity contribution in [1.82, 2.24) is 4.98 Å². The van der Waals surface area contributed by atoms with E-state index in [1.165, 1.54) is 18.3 Å². The van der Waals surface area contributed by atoms with Gasteiger partial charge in [0.2, 0.25) is 0 Å². The van der Waals surface area contributed by atoms with E-state index < -0.39 is 18.0 Å². The van der Waals surface area contributed by atoms with Crippen LogP contribution >= 0.6 is 11.3 Å². The van der Waals surface area contributed by atoms with Crippen LogP contribution in [0.2, 0.25) is 0 Å². The molecule has 1 atom stereocenters. The van der Waals surface area contributed by atoms with Gasteiger partial charge >= 0.3 is 5.97 Å². The number of carbonyl (C=O) groups excluding carboxylic acids is 3. The highest BCUT2D eigenvalue weighted by Gasteiger charge is 2.31. The fourth-order valence-electron chi connectivity index (χ4n) is 2.53. The van der Waals surface area contributed by atoms with E-state index in [0.29, 0.717) is 22.8 Å². The Morgan fingerprint density at radius 3 is 2.96 bits per heavy atom. The monoisotopic (exact) mass is 344 g/mol. The Hall–Kier alpha value is -2.54. The van der Waals surface area contributed by atoms with Crippen molar-refractivity contribution in [2.45, 2.75) is 32.8 Å². The van der Waals surface area contributed by atoms with Crippen molar-refractivity contribution in [3.8, 4) is 0 Å². The van der Waals surface area contributed by atoms with E-state index >= 15 is 0 Å². The predicted molar refractivity (Wildman–Crippen MR) is 89.2 cm³/mol. The number of ketones is 1. The summed E-state index contributed by atoms with van der Waals surface area (Å²) in [4.78, 5) is 39.7. The molecule has 1 aromatic carbocycles. The van der Waals surface area contributed by atoms with Crippen LogP contribution < -0.4 is 5.32 Å². The molecule has 1 aliphatic rings. The van der Waals surface area contributed by atoms with Gasteiger partial charge < -0.3 is 4.74 Å². The lowest BCUT2D eigenvalue weighted by atomic mass is 9.96. The van der Waals surface area contributed by atoms with Crippen LogP contribution in [0.25, 0.3) is 0 Å². The minimum atomic E-state index is -0.882. The SMILES string of the molecule is CC(=O)Cc1csc(NC(=O)[C@@H]2Cc3ccc(C)cc3C(=O)O2)n1. The van der Waals surface area contributed by atoms with Crippen molar-refractivity contribution < 1.29 is 19.1 Å². The number of nitrogens with one attached hydrogen (secondary N) is 1. The first-order valence-electron chi connectivity index (χ1n) is 7.47. The van der Waals surface area contributed by atoms with Crippen molar-refractivity contribution in [3.63, 3.8) is 0 Å². The first-order valence-corrected chi connectivity index (χ1v) is 8.35. The second-order valence-corrected chi connectivity index (χ2v) is 6.63. The first kappa shape index (κ1) is 16.3. The third-order valence-electron chi connectivity index (χ3n) is 3.64. The zero-order valence-electron chi connectivity index (χ0n) is 13.3. The van der Waals surface area contributed by atoms with Gasteiger partial charge in [-0.1, -0.05) is 17.7 Å². The Morgan fingerprint density at radius 2 is 2.21 bits per heavy atom. The van der Waals surface area contributed by atoms with E-state index in [1.54, 1.807) is 11.4 Å². The number of hydrogen-bond acceptors (Lipinski definition) is 6. The average molecular weight is 344 g/mol. The van der Waals surface area contributed by atoms with Gasteiger partial charge in [-0.05, 0) is 25.5 Å². The lowest BCUT2D eigenvalue weighted by Gasteiger charge is -2.23. The number of thiazole rings is 1. The van der Waals surface area contributed by atoms with Crippen LogP contribution in [0, 0.1) is 6.92 Å². The lowest BCUT2D eigenvalue weighted by molar-refractivity contribution is -0.125. The second-order valence-electron chi connectivity index (χ2n) is 5.77. The number of aryl methyl sites for hydroxylation is 1. The number of rotatable bonds is 4. The normalized spacial score (nSPS) is 16.2. The average Bonchev–Trinajstić information content (AvgIpc) is 2.94. The molecule has 2 heterocycles. The number of anilines is 1. The number of carbonyl (C=O) groups is 3. The number of aromatic nitrogens is 1. The maximum Gasteiger partial charge on any atom is 0.339 e. The number of nitrogens with zero attached hydrogens (tertiary/aromatic N) is 1. The van der Waals surface area contributed by atoms with E-state index in [9.17, 15) is 14.4 Å². The summed E-state index contributed by atoms with van der Waals surface area (Å²) < 4.78 is 5.24. The molecule has 0 saturated heterocycles. The van der Waals surface area contributed by atoms with Crippen molar-refractivity contribution in [3.05, 3.63) is 46.0 Å². The lowest BCUT2D eigenvalue weighted by Crippen LogP contribution is -2.38. The molecule has 2 aromatic rings. The number of cyclic esters (lactones) is 1. The maximum absolute atomic E-state index is 12.3. The Balaban J connectivity index is 1.70. The van der Waals surface area contributed by atoms with Crippen LogP contribution in [0.4, 0.5) is 5.13 Å². The standard InChI is InChI=1S/C17H16N2O4S/c1-9-3-4-11-7-14(23-16(22)13(11)5-9)15(21)19-17-18-12(8-24-17)6-10(2)20/h3-5,8,14H,6-7H2,1-2H3,(H,18,19,21)/t14-/m0/s1. The topological polar surface area (TPSA) is 85.4 Å². The Bertz CT molecular complexity index is 828. The molecule has 0 unspecified atom stereocenters. The van der Waals surface area contributed by atoms with Crippen molar-refractivity contribution in [1.29, 1.82) is 0 Å². The van der Waals surface area contributed by atoms with Crippen LogP contribution in [0.15, 0.2) is 23.6 Å². The van der Waals surface area contributed by atoms with Crippen molar-refractivity contribution >= 4 is 34.1 Å². The summed E-state index contributed by atoms with van der Waals surface area (Å²) in [7, 11) is 0. The van der Waals surface area contributed by atoms with Gasteiger partial charge in [0.25, 0.3) is 5.91 Å². The van der Waals surface area contributed by atoms with Crippen LogP contribution in [-0.2, 0) is 27.2 Å². The van der Waals surface area contributed by atoms with Gasteiger partial charge in [-0.25, -0.2) is 9.78 Å². The third-order valence-corrected chi connectivity index (χ3v) is 4.45. The molecule has 1 amide bonds. The Kier molecular flexibility index (Phi) is 4.44. The maximum atomic E-state index is 12.3. The van der Waals surface area contributed by atoms with Crippen LogP contribution in [0.1, 0.15) is 34.1 Å². The summed E-state index contributed by atoms with van der Waals surface area (Å²) in [5.74, 6) is -0.902. The molecule has 1 aromatic heterocycles. The minimum Gasteiger partial charge on any atom is -0.448 e.